The molecule has 1 atom stereocenters. The molecule has 4 heteroatoms. The van der Waals surface area contributed by atoms with Gasteiger partial charge in [-0.1, -0.05) is 6.07 Å². The molecule has 0 aromatic heterocycles. The fraction of sp³-hybridized carbons (Fsp3) is 0.400. The second kappa shape index (κ2) is 5.22. The number of halogens is 1. The first-order chi connectivity index (χ1) is 6.63. The van der Waals surface area contributed by atoms with Crippen LogP contribution in [0.25, 0.3) is 0 Å². The van der Waals surface area contributed by atoms with Gasteiger partial charge in [-0.05, 0) is 30.2 Å². The molecule has 0 heterocycles. The molecule has 0 spiro atoms. The van der Waals surface area contributed by atoms with Crippen LogP contribution >= 0.6 is 0 Å². The highest BCUT2D eigenvalue weighted by atomic mass is 32.2. The van der Waals surface area contributed by atoms with E-state index in [-0.39, 0.29) is 5.82 Å². The van der Waals surface area contributed by atoms with Crippen molar-refractivity contribution in [2.75, 3.05) is 12.3 Å². The van der Waals surface area contributed by atoms with Crippen molar-refractivity contribution >= 4 is 10.8 Å². The highest BCUT2D eigenvalue weighted by Crippen LogP contribution is 2.12. The summed E-state index contributed by atoms with van der Waals surface area (Å²) >= 11 is 0. The smallest absolute Gasteiger partial charge is 0.123 e. The van der Waals surface area contributed by atoms with Crippen molar-refractivity contribution in [3.8, 4) is 0 Å². The van der Waals surface area contributed by atoms with Crippen LogP contribution in [-0.2, 0) is 16.6 Å². The summed E-state index contributed by atoms with van der Waals surface area (Å²) in [6, 6.07) is 4.52. The van der Waals surface area contributed by atoms with Crippen LogP contribution in [-0.4, -0.2) is 16.5 Å². The zero-order valence-electron chi connectivity index (χ0n) is 8.13. The molecule has 1 unspecified atom stereocenters. The Kier molecular flexibility index (Phi) is 4.22. The van der Waals surface area contributed by atoms with Gasteiger partial charge in [-0.15, -0.1) is 0 Å². The predicted molar refractivity (Wildman–Crippen MR) is 56.9 cm³/mol. The molecule has 0 aliphatic heterocycles. The van der Waals surface area contributed by atoms with E-state index in [0.717, 1.165) is 11.1 Å². The average molecular weight is 215 g/mol. The third-order valence-electron chi connectivity index (χ3n) is 1.97. The fourth-order valence-electron chi connectivity index (χ4n) is 1.20. The van der Waals surface area contributed by atoms with E-state index in [1.54, 1.807) is 6.07 Å². The van der Waals surface area contributed by atoms with Crippen LogP contribution in [0.2, 0.25) is 0 Å². The summed E-state index contributed by atoms with van der Waals surface area (Å²) in [6.07, 6.45) is 0. The second-order valence-electron chi connectivity index (χ2n) is 3.15. The Bertz CT molecular complexity index is 341. The highest BCUT2D eigenvalue weighted by molar-refractivity contribution is 7.84. The first-order valence-corrected chi connectivity index (χ1v) is 5.92. The van der Waals surface area contributed by atoms with Crippen LogP contribution in [0.5, 0.6) is 0 Å². The third kappa shape index (κ3) is 3.20. The van der Waals surface area contributed by atoms with Crippen LogP contribution in [0.4, 0.5) is 4.39 Å². The molecule has 0 amide bonds. The molecule has 1 aromatic carbocycles. The Labute approximate surface area is 85.8 Å². The summed E-state index contributed by atoms with van der Waals surface area (Å²) in [6.45, 7) is 2.24. The molecular weight excluding hydrogens is 201 g/mol. The summed E-state index contributed by atoms with van der Waals surface area (Å²) in [7, 11) is -0.935. The van der Waals surface area contributed by atoms with Crippen molar-refractivity contribution in [2.45, 2.75) is 12.7 Å². The van der Waals surface area contributed by atoms with Gasteiger partial charge in [0, 0.05) is 28.9 Å². The van der Waals surface area contributed by atoms with E-state index in [0.29, 0.717) is 18.1 Å². The molecule has 0 radical (unpaired) electrons. The first-order valence-electron chi connectivity index (χ1n) is 4.43. The normalized spacial score (nSPS) is 12.8. The average Bonchev–Trinajstić information content (AvgIpc) is 2.10. The van der Waals surface area contributed by atoms with Crippen molar-refractivity contribution in [2.24, 2.45) is 5.73 Å². The van der Waals surface area contributed by atoms with E-state index in [1.807, 2.05) is 6.92 Å². The Morgan fingerprint density at radius 3 is 2.79 bits per heavy atom. The number of benzene rings is 1. The molecule has 14 heavy (non-hydrogen) atoms. The molecule has 2 N–H and O–H groups in total. The molecule has 0 saturated carbocycles. The van der Waals surface area contributed by atoms with Crippen molar-refractivity contribution in [3.05, 3.63) is 35.1 Å². The molecule has 1 aromatic rings. The summed E-state index contributed by atoms with van der Waals surface area (Å²) < 4.78 is 24.1. The summed E-state index contributed by atoms with van der Waals surface area (Å²) in [5.74, 6) is 0.705. The second-order valence-corrected chi connectivity index (χ2v) is 4.72. The highest BCUT2D eigenvalue weighted by Gasteiger charge is 2.04. The van der Waals surface area contributed by atoms with Crippen molar-refractivity contribution < 1.29 is 8.60 Å². The van der Waals surface area contributed by atoms with Gasteiger partial charge >= 0.3 is 0 Å². The maximum absolute atomic E-state index is 12.7. The summed E-state index contributed by atoms with van der Waals surface area (Å²) in [5, 5.41) is 0. The van der Waals surface area contributed by atoms with Crippen molar-refractivity contribution in [3.63, 3.8) is 0 Å². The van der Waals surface area contributed by atoms with Gasteiger partial charge in [0.25, 0.3) is 0 Å². The van der Waals surface area contributed by atoms with E-state index in [9.17, 15) is 8.60 Å². The predicted octanol–water partition coefficient (Wildman–Crippen LogP) is 1.34. The minimum atomic E-state index is -0.935. The van der Waals surface area contributed by atoms with E-state index < -0.39 is 10.8 Å². The standard InChI is InChI=1S/C10H14FNOS/c1-8-6-10(11)3-2-9(8)7-14(13)5-4-12/h2-3,6H,4-5,7,12H2,1H3. The van der Waals surface area contributed by atoms with Crippen LogP contribution in [0, 0.1) is 12.7 Å². The molecule has 0 aliphatic carbocycles. The van der Waals surface area contributed by atoms with Gasteiger partial charge in [-0.2, -0.15) is 0 Å². The molecule has 0 aliphatic rings. The lowest BCUT2D eigenvalue weighted by molar-refractivity contribution is 0.626. The van der Waals surface area contributed by atoms with Crippen LogP contribution in [0.15, 0.2) is 18.2 Å². The van der Waals surface area contributed by atoms with Gasteiger partial charge in [-0.3, -0.25) is 4.21 Å². The number of rotatable bonds is 4. The molecule has 0 saturated heterocycles. The minimum absolute atomic E-state index is 0.254. The van der Waals surface area contributed by atoms with Gasteiger partial charge in [0.2, 0.25) is 0 Å². The third-order valence-corrected chi connectivity index (χ3v) is 3.29. The monoisotopic (exact) mass is 215 g/mol. The molecule has 0 bridgehead atoms. The van der Waals surface area contributed by atoms with Gasteiger partial charge < -0.3 is 5.73 Å². The molecule has 1 rings (SSSR count). The van der Waals surface area contributed by atoms with Crippen molar-refractivity contribution in [1.29, 1.82) is 0 Å². The molecule has 2 nitrogen and oxygen atoms in total. The number of nitrogens with two attached hydrogens (primary N) is 1. The minimum Gasteiger partial charge on any atom is -0.330 e. The lowest BCUT2D eigenvalue weighted by Crippen LogP contribution is -2.12. The van der Waals surface area contributed by atoms with Gasteiger partial charge in [-0.25, -0.2) is 4.39 Å². The SMILES string of the molecule is Cc1cc(F)ccc1CS(=O)CCN. The molecule has 78 valence electrons. The topological polar surface area (TPSA) is 43.1 Å². The van der Waals surface area contributed by atoms with Gasteiger partial charge in [0.15, 0.2) is 0 Å². The summed E-state index contributed by atoms with van der Waals surface area (Å²) in [4.78, 5) is 0. The Hall–Kier alpha value is -0.740. The van der Waals surface area contributed by atoms with E-state index in [1.165, 1.54) is 12.1 Å². The Balaban J connectivity index is 2.72. The largest absolute Gasteiger partial charge is 0.330 e. The van der Waals surface area contributed by atoms with Crippen LogP contribution in [0.1, 0.15) is 11.1 Å². The van der Waals surface area contributed by atoms with Crippen molar-refractivity contribution in [1.82, 2.24) is 0 Å². The Morgan fingerprint density at radius 2 is 2.21 bits per heavy atom. The number of hydrogen-bond acceptors (Lipinski definition) is 2. The number of hydrogen-bond donors (Lipinski definition) is 1. The van der Waals surface area contributed by atoms with Crippen LogP contribution in [0.3, 0.4) is 0 Å². The molecular formula is C10H14FNOS. The Morgan fingerprint density at radius 1 is 1.50 bits per heavy atom. The molecule has 0 fully saturated rings. The van der Waals surface area contributed by atoms with Crippen LogP contribution < -0.4 is 5.73 Å². The first kappa shape index (κ1) is 11.3. The van der Waals surface area contributed by atoms with E-state index in [4.69, 9.17) is 5.73 Å². The van der Waals surface area contributed by atoms with E-state index in [2.05, 4.69) is 0 Å². The lowest BCUT2D eigenvalue weighted by atomic mass is 10.1. The fourth-order valence-corrected chi connectivity index (χ4v) is 2.28. The van der Waals surface area contributed by atoms with Gasteiger partial charge in [0.1, 0.15) is 5.82 Å². The van der Waals surface area contributed by atoms with E-state index >= 15 is 0 Å². The van der Waals surface area contributed by atoms with Gasteiger partial charge in [0.05, 0.1) is 0 Å². The maximum atomic E-state index is 12.7. The summed E-state index contributed by atoms with van der Waals surface area (Å²) in [5.41, 5.74) is 7.06. The zero-order chi connectivity index (χ0) is 10.6. The quantitative estimate of drug-likeness (QED) is 0.823. The number of aryl methyl sites for hydroxylation is 1. The lowest BCUT2D eigenvalue weighted by Gasteiger charge is -2.05. The zero-order valence-corrected chi connectivity index (χ0v) is 8.94. The maximum Gasteiger partial charge on any atom is 0.123 e.